The van der Waals surface area contributed by atoms with E-state index in [-0.39, 0.29) is 17.3 Å². The topological polar surface area (TPSA) is 21.3 Å². The molecule has 1 N–H and O–H groups in total. The summed E-state index contributed by atoms with van der Waals surface area (Å²) in [6.45, 7) is 9.69. The van der Waals surface area contributed by atoms with E-state index in [2.05, 4.69) is 48.9 Å². The molecule has 0 amide bonds. The summed E-state index contributed by atoms with van der Waals surface area (Å²) in [5, 5.41) is 3.54. The molecule has 0 aliphatic carbocycles. The van der Waals surface area contributed by atoms with E-state index >= 15 is 0 Å². The minimum absolute atomic E-state index is 0.154. The number of methoxy groups -OCH3 is 1. The summed E-state index contributed by atoms with van der Waals surface area (Å²) in [6, 6.07) is 3.43. The molecule has 0 aromatic heterocycles. The van der Waals surface area contributed by atoms with Crippen LogP contribution in [0.3, 0.4) is 0 Å². The maximum atomic E-state index is 13.7. The summed E-state index contributed by atoms with van der Waals surface area (Å²) in [5.74, 6) is 0.305. The van der Waals surface area contributed by atoms with Crippen molar-refractivity contribution in [1.29, 1.82) is 0 Å². The van der Waals surface area contributed by atoms with Gasteiger partial charge in [0.2, 0.25) is 0 Å². The number of ether oxygens (including phenoxy) is 1. The maximum Gasteiger partial charge on any atom is 0.141 e. The van der Waals surface area contributed by atoms with Gasteiger partial charge < -0.3 is 10.1 Å². The molecule has 20 heavy (non-hydrogen) atoms. The van der Waals surface area contributed by atoms with Gasteiger partial charge in [0.1, 0.15) is 11.6 Å². The number of benzene rings is 1. The molecule has 1 atom stereocenters. The molecule has 1 aromatic rings. The van der Waals surface area contributed by atoms with Crippen LogP contribution in [0.4, 0.5) is 4.39 Å². The molecule has 0 heterocycles. The zero-order valence-electron chi connectivity index (χ0n) is 13.0. The van der Waals surface area contributed by atoms with Crippen molar-refractivity contribution in [2.45, 2.75) is 46.6 Å². The molecule has 0 fully saturated rings. The molecule has 1 aromatic carbocycles. The van der Waals surface area contributed by atoms with Crippen molar-refractivity contribution in [2.75, 3.05) is 13.7 Å². The van der Waals surface area contributed by atoms with Crippen molar-refractivity contribution in [2.24, 2.45) is 5.41 Å². The Hall–Kier alpha value is -0.610. The Labute approximate surface area is 130 Å². The third-order valence-electron chi connectivity index (χ3n) is 3.11. The van der Waals surface area contributed by atoms with Crippen molar-refractivity contribution >= 4 is 15.9 Å². The molecule has 114 valence electrons. The molecule has 0 saturated carbocycles. The first-order valence-corrected chi connectivity index (χ1v) is 7.84. The molecule has 2 nitrogen and oxygen atoms in total. The van der Waals surface area contributed by atoms with Gasteiger partial charge in [-0.25, -0.2) is 4.39 Å². The van der Waals surface area contributed by atoms with Crippen LogP contribution in [0.5, 0.6) is 5.75 Å². The Morgan fingerprint density at radius 1 is 1.35 bits per heavy atom. The summed E-state index contributed by atoms with van der Waals surface area (Å²) < 4.78 is 19.5. The monoisotopic (exact) mass is 345 g/mol. The van der Waals surface area contributed by atoms with Crippen molar-refractivity contribution < 1.29 is 9.13 Å². The molecule has 0 bridgehead atoms. The van der Waals surface area contributed by atoms with Crippen molar-refractivity contribution in [3.8, 4) is 5.75 Å². The van der Waals surface area contributed by atoms with Crippen LogP contribution in [0.2, 0.25) is 0 Å². The highest BCUT2D eigenvalue weighted by molar-refractivity contribution is 9.10. The standard InChI is InChI=1S/C16H25BrFNO/c1-6-7-19-14(10-16(2,3)4)11-8-12(17)13(18)9-15(11)20-5/h8-9,14,19H,6-7,10H2,1-5H3. The van der Waals surface area contributed by atoms with Gasteiger partial charge in [0.25, 0.3) is 0 Å². The highest BCUT2D eigenvalue weighted by Crippen LogP contribution is 2.36. The van der Waals surface area contributed by atoms with Crippen LogP contribution in [0.1, 0.15) is 52.1 Å². The number of hydrogen-bond donors (Lipinski definition) is 1. The van der Waals surface area contributed by atoms with Gasteiger partial charge in [0.05, 0.1) is 11.6 Å². The van der Waals surface area contributed by atoms with Gasteiger partial charge in [-0.05, 0) is 46.8 Å². The Kier molecular flexibility index (Phi) is 6.46. The van der Waals surface area contributed by atoms with Crippen LogP contribution in [0.15, 0.2) is 16.6 Å². The molecule has 0 radical (unpaired) electrons. The number of halogens is 2. The van der Waals surface area contributed by atoms with E-state index in [1.807, 2.05) is 6.07 Å². The van der Waals surface area contributed by atoms with Crippen LogP contribution in [-0.4, -0.2) is 13.7 Å². The second kappa shape index (κ2) is 7.41. The van der Waals surface area contributed by atoms with Gasteiger partial charge in [-0.15, -0.1) is 0 Å². The van der Waals surface area contributed by atoms with Gasteiger partial charge in [-0.1, -0.05) is 27.7 Å². The summed E-state index contributed by atoms with van der Waals surface area (Å²) in [7, 11) is 1.58. The largest absolute Gasteiger partial charge is 0.496 e. The lowest BCUT2D eigenvalue weighted by atomic mass is 9.85. The van der Waals surface area contributed by atoms with E-state index < -0.39 is 0 Å². The third kappa shape index (κ3) is 5.06. The number of nitrogens with one attached hydrogen (secondary N) is 1. The van der Waals surface area contributed by atoms with E-state index in [4.69, 9.17) is 4.74 Å². The van der Waals surface area contributed by atoms with Crippen molar-refractivity contribution in [3.05, 3.63) is 28.0 Å². The molecule has 0 saturated heterocycles. The molecule has 1 unspecified atom stereocenters. The maximum absolute atomic E-state index is 13.7. The van der Waals surface area contributed by atoms with Crippen LogP contribution < -0.4 is 10.1 Å². The summed E-state index contributed by atoms with van der Waals surface area (Å²) in [4.78, 5) is 0. The van der Waals surface area contributed by atoms with E-state index in [1.165, 1.54) is 6.07 Å². The van der Waals surface area contributed by atoms with Crippen LogP contribution in [-0.2, 0) is 0 Å². The fourth-order valence-electron chi connectivity index (χ4n) is 2.22. The molecule has 4 heteroatoms. The van der Waals surface area contributed by atoms with E-state index in [1.54, 1.807) is 7.11 Å². The van der Waals surface area contributed by atoms with Gasteiger partial charge >= 0.3 is 0 Å². The first kappa shape index (κ1) is 17.4. The zero-order valence-corrected chi connectivity index (χ0v) is 14.6. The van der Waals surface area contributed by atoms with Crippen molar-refractivity contribution in [3.63, 3.8) is 0 Å². The van der Waals surface area contributed by atoms with Crippen LogP contribution in [0.25, 0.3) is 0 Å². The second-order valence-electron chi connectivity index (χ2n) is 6.28. The first-order chi connectivity index (χ1) is 9.28. The van der Waals surface area contributed by atoms with Crippen molar-refractivity contribution in [1.82, 2.24) is 5.32 Å². The Morgan fingerprint density at radius 3 is 2.50 bits per heavy atom. The second-order valence-corrected chi connectivity index (χ2v) is 7.13. The lowest BCUT2D eigenvalue weighted by Crippen LogP contribution is -2.27. The summed E-state index contributed by atoms with van der Waals surface area (Å²) >= 11 is 3.27. The quantitative estimate of drug-likeness (QED) is 0.776. The van der Waals surface area contributed by atoms with E-state index in [0.29, 0.717) is 10.2 Å². The Balaban J connectivity index is 3.14. The van der Waals surface area contributed by atoms with Crippen LogP contribution >= 0.6 is 15.9 Å². The lowest BCUT2D eigenvalue weighted by molar-refractivity contribution is 0.304. The van der Waals surface area contributed by atoms with Crippen LogP contribution in [0, 0.1) is 11.2 Å². The normalized spacial score (nSPS) is 13.3. The van der Waals surface area contributed by atoms with E-state index in [9.17, 15) is 4.39 Å². The SMILES string of the molecule is CCCNC(CC(C)(C)C)c1cc(Br)c(F)cc1OC. The minimum Gasteiger partial charge on any atom is -0.496 e. The summed E-state index contributed by atoms with van der Waals surface area (Å²) in [6.07, 6.45) is 2.02. The number of rotatable bonds is 6. The molecule has 0 aliphatic heterocycles. The number of hydrogen-bond acceptors (Lipinski definition) is 2. The van der Waals surface area contributed by atoms with Gasteiger partial charge in [-0.3, -0.25) is 0 Å². The fourth-order valence-corrected chi connectivity index (χ4v) is 2.58. The van der Waals surface area contributed by atoms with E-state index in [0.717, 1.165) is 24.9 Å². The third-order valence-corrected chi connectivity index (χ3v) is 3.71. The van der Waals surface area contributed by atoms with Gasteiger partial charge in [0, 0.05) is 17.7 Å². The molecular formula is C16H25BrFNO. The fraction of sp³-hybridized carbons (Fsp3) is 0.625. The first-order valence-electron chi connectivity index (χ1n) is 7.04. The van der Waals surface area contributed by atoms with Gasteiger partial charge in [0.15, 0.2) is 0 Å². The smallest absolute Gasteiger partial charge is 0.141 e. The average Bonchev–Trinajstić information content (AvgIpc) is 2.36. The molecule has 0 aliphatic rings. The highest BCUT2D eigenvalue weighted by atomic mass is 79.9. The molecule has 1 rings (SSSR count). The zero-order chi connectivity index (χ0) is 15.3. The predicted octanol–water partition coefficient (Wildman–Crippen LogP) is 5.07. The average molecular weight is 346 g/mol. The summed E-state index contributed by atoms with van der Waals surface area (Å²) in [5.41, 5.74) is 1.18. The minimum atomic E-state index is -0.296. The highest BCUT2D eigenvalue weighted by Gasteiger charge is 2.23. The molecular weight excluding hydrogens is 321 g/mol. The lowest BCUT2D eigenvalue weighted by Gasteiger charge is -2.28. The van der Waals surface area contributed by atoms with Gasteiger partial charge in [-0.2, -0.15) is 0 Å². The predicted molar refractivity (Wildman–Crippen MR) is 85.8 cm³/mol. The molecule has 0 spiro atoms. The Morgan fingerprint density at radius 2 is 2.00 bits per heavy atom. The Bertz CT molecular complexity index is 443.